The van der Waals surface area contributed by atoms with Gasteiger partial charge in [-0.1, -0.05) is 5.16 Å². The highest BCUT2D eigenvalue weighted by Crippen LogP contribution is 2.35. The molecule has 150 valence electrons. The average Bonchev–Trinajstić information content (AvgIpc) is 3.25. The standard InChI is InChI=1S/C20H18F2N4O3/c21-15-2-4-16(5-3-15)28-12-17(27)26-11-1-8-20(22,13-26)19-24-18(25-29-19)14-6-9-23-10-7-14/h2-7,9-10H,1,8,11-13H2. The van der Waals surface area contributed by atoms with E-state index in [0.29, 0.717) is 24.3 Å². The van der Waals surface area contributed by atoms with Gasteiger partial charge < -0.3 is 14.2 Å². The third-order valence-corrected chi connectivity index (χ3v) is 4.72. The Morgan fingerprint density at radius 3 is 2.72 bits per heavy atom. The number of alkyl halides is 1. The van der Waals surface area contributed by atoms with Crippen molar-refractivity contribution in [2.45, 2.75) is 18.5 Å². The highest BCUT2D eigenvalue weighted by Gasteiger charge is 2.43. The minimum absolute atomic E-state index is 0.152. The quantitative estimate of drug-likeness (QED) is 0.655. The second-order valence-electron chi connectivity index (χ2n) is 6.79. The number of rotatable bonds is 5. The number of pyridine rings is 1. The predicted octanol–water partition coefficient (Wildman–Crippen LogP) is 3.14. The van der Waals surface area contributed by atoms with Crippen LogP contribution in [0.15, 0.2) is 53.3 Å². The molecule has 1 unspecified atom stereocenters. The molecule has 1 saturated heterocycles. The van der Waals surface area contributed by atoms with Gasteiger partial charge in [0.2, 0.25) is 11.5 Å². The van der Waals surface area contributed by atoms with Gasteiger partial charge in [0.25, 0.3) is 11.8 Å². The monoisotopic (exact) mass is 400 g/mol. The van der Waals surface area contributed by atoms with Crippen LogP contribution in [0, 0.1) is 5.82 Å². The lowest BCUT2D eigenvalue weighted by Gasteiger charge is -2.35. The SMILES string of the molecule is O=C(COc1ccc(F)cc1)N1CCCC(F)(c2nc(-c3ccncc3)no2)C1. The highest BCUT2D eigenvalue weighted by atomic mass is 19.1. The van der Waals surface area contributed by atoms with Gasteiger partial charge in [-0.15, -0.1) is 0 Å². The predicted molar refractivity (Wildman–Crippen MR) is 98.0 cm³/mol. The van der Waals surface area contributed by atoms with E-state index in [2.05, 4.69) is 15.1 Å². The molecule has 2 aromatic heterocycles. The fourth-order valence-corrected chi connectivity index (χ4v) is 3.19. The van der Waals surface area contributed by atoms with E-state index in [9.17, 15) is 9.18 Å². The Hall–Kier alpha value is -3.36. The molecule has 0 bridgehead atoms. The molecule has 1 aliphatic heterocycles. The van der Waals surface area contributed by atoms with Crippen LogP contribution in [0.1, 0.15) is 18.7 Å². The number of halogens is 2. The topological polar surface area (TPSA) is 81.4 Å². The number of amides is 1. The summed E-state index contributed by atoms with van der Waals surface area (Å²) < 4.78 is 39.0. The number of ether oxygens (including phenoxy) is 1. The van der Waals surface area contributed by atoms with Crippen molar-refractivity contribution in [2.24, 2.45) is 0 Å². The Bertz CT molecular complexity index is 981. The van der Waals surface area contributed by atoms with Crippen LogP contribution in [0.2, 0.25) is 0 Å². The molecule has 0 aliphatic carbocycles. The molecule has 29 heavy (non-hydrogen) atoms. The third-order valence-electron chi connectivity index (χ3n) is 4.72. The van der Waals surface area contributed by atoms with Crippen LogP contribution in [-0.2, 0) is 10.5 Å². The average molecular weight is 400 g/mol. The number of hydrogen-bond acceptors (Lipinski definition) is 6. The Labute approximate surface area is 165 Å². The number of aromatic nitrogens is 3. The minimum Gasteiger partial charge on any atom is -0.484 e. The van der Waals surface area contributed by atoms with Gasteiger partial charge in [0.15, 0.2) is 6.61 Å². The molecule has 4 rings (SSSR count). The van der Waals surface area contributed by atoms with Crippen molar-refractivity contribution in [3.8, 4) is 17.1 Å². The lowest BCUT2D eigenvalue weighted by Crippen LogP contribution is -2.48. The van der Waals surface area contributed by atoms with Crippen LogP contribution in [-0.4, -0.2) is 45.6 Å². The maximum absolute atomic E-state index is 15.6. The van der Waals surface area contributed by atoms with Crippen molar-refractivity contribution < 1.29 is 22.8 Å². The summed E-state index contributed by atoms with van der Waals surface area (Å²) >= 11 is 0. The summed E-state index contributed by atoms with van der Waals surface area (Å²) in [5.41, 5.74) is -1.27. The first-order valence-electron chi connectivity index (χ1n) is 9.13. The van der Waals surface area contributed by atoms with Gasteiger partial charge in [-0.2, -0.15) is 4.98 Å². The molecule has 0 saturated carbocycles. The van der Waals surface area contributed by atoms with Crippen molar-refractivity contribution >= 4 is 5.91 Å². The van der Waals surface area contributed by atoms with Crippen molar-refractivity contribution in [1.82, 2.24) is 20.0 Å². The molecule has 0 spiro atoms. The molecule has 0 radical (unpaired) electrons. The summed E-state index contributed by atoms with van der Waals surface area (Å²) in [5, 5.41) is 3.85. The molecule has 3 aromatic rings. The molecule has 1 aliphatic rings. The van der Waals surface area contributed by atoms with Gasteiger partial charge >= 0.3 is 0 Å². The Morgan fingerprint density at radius 1 is 1.21 bits per heavy atom. The second-order valence-corrected chi connectivity index (χ2v) is 6.79. The van der Waals surface area contributed by atoms with E-state index in [-0.39, 0.29) is 37.2 Å². The lowest BCUT2D eigenvalue weighted by atomic mass is 9.94. The molecule has 1 aromatic carbocycles. The number of carbonyl (C=O) groups is 1. The molecule has 1 fully saturated rings. The van der Waals surface area contributed by atoms with E-state index in [4.69, 9.17) is 9.26 Å². The number of benzene rings is 1. The molecule has 0 N–H and O–H groups in total. The number of piperidine rings is 1. The zero-order chi connectivity index (χ0) is 20.3. The molecule has 3 heterocycles. The zero-order valence-electron chi connectivity index (χ0n) is 15.4. The number of hydrogen-bond donors (Lipinski definition) is 0. The Morgan fingerprint density at radius 2 is 1.97 bits per heavy atom. The molecule has 7 nitrogen and oxygen atoms in total. The van der Waals surface area contributed by atoms with Gasteiger partial charge in [-0.05, 0) is 49.2 Å². The summed E-state index contributed by atoms with van der Waals surface area (Å²) in [5.74, 6) is -0.288. The third kappa shape index (κ3) is 4.23. The number of nitrogens with zero attached hydrogens (tertiary/aromatic N) is 4. The summed E-state index contributed by atoms with van der Waals surface area (Å²) in [6.07, 6.45) is 3.79. The van der Waals surface area contributed by atoms with Crippen molar-refractivity contribution in [2.75, 3.05) is 19.7 Å². The van der Waals surface area contributed by atoms with E-state index >= 15 is 4.39 Å². The maximum Gasteiger partial charge on any atom is 0.266 e. The first kappa shape index (κ1) is 19.0. The Balaban J connectivity index is 1.42. The second kappa shape index (κ2) is 7.94. The van der Waals surface area contributed by atoms with Gasteiger partial charge in [0.1, 0.15) is 11.6 Å². The van der Waals surface area contributed by atoms with Crippen LogP contribution < -0.4 is 4.74 Å². The fraction of sp³-hybridized carbons (Fsp3) is 0.300. The molecular weight excluding hydrogens is 382 g/mol. The summed E-state index contributed by atoms with van der Waals surface area (Å²) in [7, 11) is 0. The first-order chi connectivity index (χ1) is 14.0. The molecule has 9 heteroatoms. The first-order valence-corrected chi connectivity index (χ1v) is 9.13. The van der Waals surface area contributed by atoms with Crippen molar-refractivity contribution in [3.05, 3.63) is 60.5 Å². The van der Waals surface area contributed by atoms with Crippen LogP contribution in [0.4, 0.5) is 8.78 Å². The lowest BCUT2D eigenvalue weighted by molar-refractivity contribution is -0.138. The van der Waals surface area contributed by atoms with Crippen LogP contribution in [0.3, 0.4) is 0 Å². The normalized spacial score (nSPS) is 19.2. The van der Waals surface area contributed by atoms with Crippen molar-refractivity contribution in [3.63, 3.8) is 0 Å². The van der Waals surface area contributed by atoms with Crippen LogP contribution in [0.25, 0.3) is 11.4 Å². The van der Waals surface area contributed by atoms with Crippen LogP contribution in [0.5, 0.6) is 5.75 Å². The molecule has 1 atom stereocenters. The zero-order valence-corrected chi connectivity index (χ0v) is 15.4. The Kier molecular flexibility index (Phi) is 5.20. The van der Waals surface area contributed by atoms with Crippen molar-refractivity contribution in [1.29, 1.82) is 0 Å². The summed E-state index contributed by atoms with van der Waals surface area (Å²) in [6, 6.07) is 8.73. The minimum atomic E-state index is -1.93. The van der Waals surface area contributed by atoms with E-state index in [0.717, 1.165) is 0 Å². The van der Waals surface area contributed by atoms with E-state index < -0.39 is 11.5 Å². The molecule has 1 amide bonds. The molecular formula is C20H18F2N4O3. The van der Waals surface area contributed by atoms with Gasteiger partial charge in [-0.3, -0.25) is 9.78 Å². The number of carbonyl (C=O) groups excluding carboxylic acids is 1. The smallest absolute Gasteiger partial charge is 0.266 e. The highest BCUT2D eigenvalue weighted by molar-refractivity contribution is 5.78. The summed E-state index contributed by atoms with van der Waals surface area (Å²) in [6.45, 7) is -0.0625. The number of likely N-dealkylation sites (tertiary alicyclic amines) is 1. The van der Waals surface area contributed by atoms with E-state index in [1.54, 1.807) is 24.5 Å². The fourth-order valence-electron chi connectivity index (χ4n) is 3.19. The largest absolute Gasteiger partial charge is 0.484 e. The van der Waals surface area contributed by atoms with Gasteiger partial charge in [0.05, 0.1) is 6.54 Å². The van der Waals surface area contributed by atoms with E-state index in [1.165, 1.54) is 29.2 Å². The maximum atomic E-state index is 15.6. The van der Waals surface area contributed by atoms with Gasteiger partial charge in [-0.25, -0.2) is 8.78 Å². The van der Waals surface area contributed by atoms with E-state index in [1.807, 2.05) is 0 Å². The summed E-state index contributed by atoms with van der Waals surface area (Å²) in [4.78, 5) is 22.0. The van der Waals surface area contributed by atoms with Gasteiger partial charge in [0, 0.05) is 24.5 Å². The van der Waals surface area contributed by atoms with Crippen LogP contribution >= 0.6 is 0 Å².